The van der Waals surface area contributed by atoms with Gasteiger partial charge in [-0.1, -0.05) is 23.2 Å². The van der Waals surface area contributed by atoms with Crippen LogP contribution in [0.25, 0.3) is 0 Å². The van der Waals surface area contributed by atoms with Gasteiger partial charge < -0.3 is 4.90 Å². The van der Waals surface area contributed by atoms with Crippen LogP contribution in [0.1, 0.15) is 12.8 Å². The zero-order valence-corrected chi connectivity index (χ0v) is 12.9. The zero-order chi connectivity index (χ0) is 14.8. The SMILES string of the molecule is O=C(CNS(=O)(=O)c1ccc(Cl)c(Cl)c1)N1CCCC1. The molecule has 8 heteroatoms. The molecule has 0 bridgehead atoms. The summed E-state index contributed by atoms with van der Waals surface area (Å²) in [7, 11) is -3.76. The number of carbonyl (C=O) groups is 1. The first-order chi connectivity index (χ1) is 9.40. The maximum atomic E-state index is 12.0. The molecule has 0 aromatic heterocycles. The monoisotopic (exact) mass is 336 g/mol. The number of carbonyl (C=O) groups excluding carboxylic acids is 1. The van der Waals surface area contributed by atoms with Crippen molar-refractivity contribution < 1.29 is 13.2 Å². The van der Waals surface area contributed by atoms with Crippen LogP contribution < -0.4 is 4.72 Å². The number of amides is 1. The topological polar surface area (TPSA) is 66.5 Å². The van der Waals surface area contributed by atoms with Crippen molar-refractivity contribution >= 4 is 39.1 Å². The molecule has 20 heavy (non-hydrogen) atoms. The van der Waals surface area contributed by atoms with E-state index in [1.165, 1.54) is 18.2 Å². The summed E-state index contributed by atoms with van der Waals surface area (Å²) >= 11 is 11.5. The van der Waals surface area contributed by atoms with Gasteiger partial charge in [-0.3, -0.25) is 4.79 Å². The van der Waals surface area contributed by atoms with E-state index in [0.717, 1.165) is 12.8 Å². The number of nitrogens with zero attached hydrogens (tertiary/aromatic N) is 1. The zero-order valence-electron chi connectivity index (χ0n) is 10.6. The molecule has 5 nitrogen and oxygen atoms in total. The van der Waals surface area contributed by atoms with E-state index in [0.29, 0.717) is 13.1 Å². The summed E-state index contributed by atoms with van der Waals surface area (Å²) < 4.78 is 26.3. The molecule has 0 saturated carbocycles. The highest BCUT2D eigenvalue weighted by molar-refractivity contribution is 7.89. The number of hydrogen-bond acceptors (Lipinski definition) is 3. The van der Waals surface area contributed by atoms with Crippen molar-refractivity contribution in [3.63, 3.8) is 0 Å². The third-order valence-electron chi connectivity index (χ3n) is 3.07. The summed E-state index contributed by atoms with van der Waals surface area (Å²) in [5, 5.41) is 0.430. The Balaban J connectivity index is 2.03. The minimum atomic E-state index is -3.76. The smallest absolute Gasteiger partial charge is 0.241 e. The fraction of sp³-hybridized carbons (Fsp3) is 0.417. The first-order valence-corrected chi connectivity index (χ1v) is 8.36. The van der Waals surface area contributed by atoms with Crippen molar-refractivity contribution in [3.05, 3.63) is 28.2 Å². The first-order valence-electron chi connectivity index (χ1n) is 6.12. The minimum absolute atomic E-state index is 0.0129. The number of sulfonamides is 1. The van der Waals surface area contributed by atoms with Crippen molar-refractivity contribution in [1.29, 1.82) is 0 Å². The molecular formula is C12H14Cl2N2O3S. The van der Waals surface area contributed by atoms with E-state index in [4.69, 9.17) is 23.2 Å². The standard InChI is InChI=1S/C12H14Cl2N2O3S/c13-10-4-3-9(7-11(10)14)20(18,19)15-8-12(17)16-5-1-2-6-16/h3-4,7,15H,1-2,5-6,8H2. The van der Waals surface area contributed by atoms with Crippen molar-refractivity contribution in [3.8, 4) is 0 Å². The van der Waals surface area contributed by atoms with Crippen LogP contribution in [-0.4, -0.2) is 38.9 Å². The Labute approximate surface area is 127 Å². The number of hydrogen-bond donors (Lipinski definition) is 1. The molecule has 1 fully saturated rings. The van der Waals surface area contributed by atoms with Gasteiger partial charge in [-0.25, -0.2) is 13.1 Å². The van der Waals surface area contributed by atoms with Crippen molar-refractivity contribution in [1.82, 2.24) is 9.62 Å². The highest BCUT2D eigenvalue weighted by Gasteiger charge is 2.21. The third kappa shape index (κ3) is 3.63. The van der Waals surface area contributed by atoms with Gasteiger partial charge >= 0.3 is 0 Å². The van der Waals surface area contributed by atoms with Crippen LogP contribution in [0.2, 0.25) is 10.0 Å². The molecule has 0 radical (unpaired) electrons. The minimum Gasteiger partial charge on any atom is -0.342 e. The van der Waals surface area contributed by atoms with E-state index in [1.54, 1.807) is 4.90 Å². The van der Waals surface area contributed by atoms with E-state index < -0.39 is 10.0 Å². The molecule has 1 amide bonds. The van der Waals surface area contributed by atoms with Crippen LogP contribution in [0.4, 0.5) is 0 Å². The quantitative estimate of drug-likeness (QED) is 0.912. The fourth-order valence-electron chi connectivity index (χ4n) is 1.96. The van der Waals surface area contributed by atoms with E-state index in [9.17, 15) is 13.2 Å². The number of benzene rings is 1. The van der Waals surface area contributed by atoms with Gasteiger partial charge in [-0.2, -0.15) is 0 Å². The molecule has 0 aliphatic carbocycles. The average molecular weight is 337 g/mol. The molecule has 0 unspecified atom stereocenters. The van der Waals surface area contributed by atoms with Crippen LogP contribution in [-0.2, 0) is 14.8 Å². The summed E-state index contributed by atoms with van der Waals surface area (Å²) in [5.74, 6) is -0.217. The Morgan fingerprint density at radius 1 is 1.20 bits per heavy atom. The third-order valence-corrected chi connectivity index (χ3v) is 5.21. The molecule has 1 aliphatic rings. The summed E-state index contributed by atoms with van der Waals surface area (Å²) in [6.45, 7) is 1.13. The second-order valence-electron chi connectivity index (χ2n) is 4.49. The molecular weight excluding hydrogens is 323 g/mol. The fourth-order valence-corrected chi connectivity index (χ4v) is 3.33. The predicted octanol–water partition coefficient (Wildman–Crippen LogP) is 1.89. The van der Waals surface area contributed by atoms with Gasteiger partial charge in [0.15, 0.2) is 0 Å². The van der Waals surface area contributed by atoms with Crippen LogP contribution in [0.5, 0.6) is 0 Å². The molecule has 0 spiro atoms. The molecule has 0 atom stereocenters. The molecule has 2 rings (SSSR count). The number of nitrogens with one attached hydrogen (secondary N) is 1. The van der Waals surface area contributed by atoms with Gasteiger partial charge in [-0.05, 0) is 31.0 Å². The van der Waals surface area contributed by atoms with E-state index in [2.05, 4.69) is 4.72 Å². The lowest BCUT2D eigenvalue weighted by Crippen LogP contribution is -2.38. The highest BCUT2D eigenvalue weighted by Crippen LogP contribution is 2.24. The van der Waals surface area contributed by atoms with Crippen LogP contribution in [0.15, 0.2) is 23.1 Å². The summed E-state index contributed by atoms with van der Waals surface area (Å²) in [6, 6.07) is 4.00. The summed E-state index contributed by atoms with van der Waals surface area (Å²) in [6.07, 6.45) is 1.93. The van der Waals surface area contributed by atoms with Crippen LogP contribution in [0, 0.1) is 0 Å². The van der Waals surface area contributed by atoms with Gasteiger partial charge in [0.1, 0.15) is 0 Å². The Morgan fingerprint density at radius 3 is 2.45 bits per heavy atom. The predicted molar refractivity (Wildman–Crippen MR) is 77.5 cm³/mol. The van der Waals surface area contributed by atoms with Crippen molar-refractivity contribution in [2.75, 3.05) is 19.6 Å². The first kappa shape index (κ1) is 15.6. The number of halogens is 2. The Hall–Kier alpha value is -0.820. The number of rotatable bonds is 4. The summed E-state index contributed by atoms with van der Waals surface area (Å²) in [4.78, 5) is 13.4. The van der Waals surface area contributed by atoms with Crippen LogP contribution in [0.3, 0.4) is 0 Å². The van der Waals surface area contributed by atoms with Gasteiger partial charge in [0.2, 0.25) is 15.9 Å². The molecule has 1 aromatic rings. The van der Waals surface area contributed by atoms with Gasteiger partial charge in [-0.15, -0.1) is 0 Å². The Bertz CT molecular complexity index is 613. The lowest BCUT2D eigenvalue weighted by atomic mass is 10.4. The lowest BCUT2D eigenvalue weighted by molar-refractivity contribution is -0.128. The lowest BCUT2D eigenvalue weighted by Gasteiger charge is -2.15. The second-order valence-corrected chi connectivity index (χ2v) is 7.07. The average Bonchev–Trinajstić information content (AvgIpc) is 2.93. The maximum absolute atomic E-state index is 12.0. The normalized spacial score (nSPS) is 15.6. The summed E-state index contributed by atoms with van der Waals surface area (Å²) in [5.41, 5.74) is 0. The number of likely N-dealkylation sites (tertiary alicyclic amines) is 1. The van der Waals surface area contributed by atoms with Crippen molar-refractivity contribution in [2.45, 2.75) is 17.7 Å². The van der Waals surface area contributed by atoms with Crippen molar-refractivity contribution in [2.24, 2.45) is 0 Å². The van der Waals surface area contributed by atoms with E-state index >= 15 is 0 Å². The molecule has 1 aliphatic heterocycles. The van der Waals surface area contributed by atoms with Crippen LogP contribution >= 0.6 is 23.2 Å². The molecule has 110 valence electrons. The highest BCUT2D eigenvalue weighted by atomic mass is 35.5. The Morgan fingerprint density at radius 2 is 1.85 bits per heavy atom. The molecule has 1 heterocycles. The maximum Gasteiger partial charge on any atom is 0.241 e. The van der Waals surface area contributed by atoms with Gasteiger partial charge in [0, 0.05) is 13.1 Å². The van der Waals surface area contributed by atoms with Gasteiger partial charge in [0.25, 0.3) is 0 Å². The molecule has 1 N–H and O–H groups in total. The van der Waals surface area contributed by atoms with Gasteiger partial charge in [0.05, 0.1) is 21.5 Å². The largest absolute Gasteiger partial charge is 0.342 e. The molecule has 1 aromatic carbocycles. The Kier molecular flexibility index (Phi) is 4.90. The van der Waals surface area contributed by atoms with E-state index in [1.807, 2.05) is 0 Å². The molecule has 1 saturated heterocycles. The van der Waals surface area contributed by atoms with E-state index in [-0.39, 0.29) is 27.4 Å². The second kappa shape index (κ2) is 6.30.